The maximum absolute atomic E-state index is 13.7. The lowest BCUT2D eigenvalue weighted by atomic mass is 10.2. The number of thiol groups is 1. The van der Waals surface area contributed by atoms with E-state index in [-0.39, 0.29) is 23.5 Å². The molecule has 0 radical (unpaired) electrons. The van der Waals surface area contributed by atoms with Crippen molar-refractivity contribution in [1.29, 1.82) is 0 Å². The summed E-state index contributed by atoms with van der Waals surface area (Å²) in [5, 5.41) is 0.838. The van der Waals surface area contributed by atoms with Gasteiger partial charge in [0.25, 0.3) is 0 Å². The molecule has 4 nitrogen and oxygen atoms in total. The third-order valence-corrected chi connectivity index (χ3v) is 5.08. The highest BCUT2D eigenvalue weighted by Crippen LogP contribution is 2.28. The van der Waals surface area contributed by atoms with E-state index in [2.05, 4.69) is 27.5 Å². The second-order valence-corrected chi connectivity index (χ2v) is 7.47. The molecule has 2 atom stereocenters. The Bertz CT molecular complexity index is 781. The van der Waals surface area contributed by atoms with Crippen molar-refractivity contribution >= 4 is 30.2 Å². The smallest absolute Gasteiger partial charge is 0.189 e. The number of anilines is 1. The van der Waals surface area contributed by atoms with E-state index in [1.165, 1.54) is 11.8 Å². The Labute approximate surface area is 159 Å². The molecule has 0 N–H and O–H groups in total. The van der Waals surface area contributed by atoms with Gasteiger partial charge in [0.15, 0.2) is 16.8 Å². The molecule has 1 saturated heterocycles. The number of nitrogens with zero attached hydrogens (tertiary/aromatic N) is 3. The fraction of sp³-hybridized carbons (Fsp3) is 0.412. The van der Waals surface area contributed by atoms with Crippen LogP contribution in [-0.2, 0) is 11.3 Å². The molecule has 1 fully saturated rings. The Morgan fingerprint density at radius 3 is 2.81 bits per heavy atom. The summed E-state index contributed by atoms with van der Waals surface area (Å²) < 4.78 is 45.5. The largest absolute Gasteiger partial charge is 0.375 e. The fourth-order valence-corrected chi connectivity index (χ4v) is 3.67. The Hall–Kier alpha value is -1.45. The molecule has 0 bridgehead atoms. The van der Waals surface area contributed by atoms with E-state index < -0.39 is 17.5 Å². The van der Waals surface area contributed by atoms with Crippen LogP contribution >= 0.6 is 24.4 Å². The van der Waals surface area contributed by atoms with Crippen LogP contribution in [-0.4, -0.2) is 40.7 Å². The zero-order chi connectivity index (χ0) is 18.7. The van der Waals surface area contributed by atoms with E-state index >= 15 is 0 Å². The van der Waals surface area contributed by atoms with Crippen molar-refractivity contribution in [3.8, 4) is 0 Å². The van der Waals surface area contributed by atoms with Crippen molar-refractivity contribution in [3.63, 3.8) is 0 Å². The minimum atomic E-state index is -1.21. The molecule has 3 rings (SSSR count). The van der Waals surface area contributed by atoms with Gasteiger partial charge in [-0.1, -0.05) is 11.8 Å². The molecule has 9 heteroatoms. The average Bonchev–Trinajstić information content (AvgIpc) is 3.00. The number of rotatable bonds is 6. The van der Waals surface area contributed by atoms with E-state index in [9.17, 15) is 13.2 Å². The van der Waals surface area contributed by atoms with Gasteiger partial charge in [-0.15, -0.1) is 0 Å². The first-order chi connectivity index (χ1) is 12.5. The van der Waals surface area contributed by atoms with Crippen molar-refractivity contribution < 1.29 is 17.9 Å². The number of hydrogen-bond acceptors (Lipinski definition) is 6. The van der Waals surface area contributed by atoms with Gasteiger partial charge in [-0.2, -0.15) is 12.6 Å². The topological polar surface area (TPSA) is 38.2 Å². The summed E-state index contributed by atoms with van der Waals surface area (Å²) in [5.41, 5.74) is -0.0115. The first-order valence-corrected chi connectivity index (χ1v) is 9.75. The summed E-state index contributed by atoms with van der Waals surface area (Å²) in [7, 11) is 0. The Morgan fingerprint density at radius 1 is 1.27 bits per heavy atom. The van der Waals surface area contributed by atoms with Crippen molar-refractivity contribution in [3.05, 3.63) is 47.4 Å². The molecule has 2 unspecified atom stereocenters. The number of halogens is 3. The second-order valence-electron chi connectivity index (χ2n) is 5.97. The minimum Gasteiger partial charge on any atom is -0.375 e. The standard InChI is InChI=1S/C17H18F3N3OS2/c1-26-17-21-3-2-16(22-17)23-7-12(25)5-11(23)9-24-8-10-4-14(19)15(20)6-13(10)18/h2-4,6,11-12,25H,5,7-9H2,1H3. The minimum absolute atomic E-state index is 0.00969. The Morgan fingerprint density at radius 2 is 2.04 bits per heavy atom. The lowest BCUT2D eigenvalue weighted by molar-refractivity contribution is 0.106. The molecule has 26 heavy (non-hydrogen) atoms. The molecule has 0 amide bonds. The second kappa shape index (κ2) is 8.49. The molecule has 1 aromatic heterocycles. The maximum atomic E-state index is 13.7. The normalized spacial score (nSPS) is 20.0. The molecule has 0 aliphatic carbocycles. The van der Waals surface area contributed by atoms with Crippen LogP contribution in [0.3, 0.4) is 0 Å². The van der Waals surface area contributed by atoms with E-state index in [1.54, 1.807) is 6.20 Å². The number of ether oxygens (including phenoxy) is 1. The molecule has 0 spiro atoms. The summed E-state index contributed by atoms with van der Waals surface area (Å²) in [6, 6.07) is 3.20. The number of thioether (sulfide) groups is 1. The van der Waals surface area contributed by atoms with E-state index in [0.29, 0.717) is 24.4 Å². The SMILES string of the molecule is CSc1nccc(N2CC(S)CC2COCc2cc(F)c(F)cc2F)n1. The third-order valence-electron chi connectivity index (χ3n) is 4.15. The summed E-state index contributed by atoms with van der Waals surface area (Å²) in [5.74, 6) is -2.33. The summed E-state index contributed by atoms with van der Waals surface area (Å²) in [6.07, 6.45) is 4.39. The first-order valence-electron chi connectivity index (χ1n) is 8.01. The van der Waals surface area contributed by atoms with Gasteiger partial charge in [0.05, 0.1) is 19.3 Å². The van der Waals surface area contributed by atoms with Gasteiger partial charge in [0.2, 0.25) is 0 Å². The van der Waals surface area contributed by atoms with E-state index in [4.69, 9.17) is 4.74 Å². The summed E-state index contributed by atoms with van der Waals surface area (Å²) in [4.78, 5) is 10.7. The highest BCUT2D eigenvalue weighted by molar-refractivity contribution is 7.98. The van der Waals surface area contributed by atoms with Crippen LogP contribution < -0.4 is 4.90 Å². The highest BCUT2D eigenvalue weighted by Gasteiger charge is 2.31. The molecule has 1 aromatic carbocycles. The van der Waals surface area contributed by atoms with Crippen LogP contribution in [0.1, 0.15) is 12.0 Å². The van der Waals surface area contributed by atoms with Gasteiger partial charge in [-0.3, -0.25) is 0 Å². The van der Waals surface area contributed by atoms with Gasteiger partial charge in [-0.05, 0) is 24.8 Å². The van der Waals surface area contributed by atoms with E-state index in [0.717, 1.165) is 18.3 Å². The van der Waals surface area contributed by atoms with Crippen molar-refractivity contribution in [1.82, 2.24) is 9.97 Å². The highest BCUT2D eigenvalue weighted by atomic mass is 32.2. The van der Waals surface area contributed by atoms with Crippen LogP contribution in [0.4, 0.5) is 19.0 Å². The zero-order valence-electron chi connectivity index (χ0n) is 14.0. The molecule has 140 valence electrons. The first kappa shape index (κ1) is 19.3. The predicted molar refractivity (Wildman–Crippen MR) is 98.3 cm³/mol. The van der Waals surface area contributed by atoms with Crippen molar-refractivity contribution in [2.45, 2.75) is 29.5 Å². The Kier molecular flexibility index (Phi) is 6.31. The van der Waals surface area contributed by atoms with Gasteiger partial charge in [0, 0.05) is 29.6 Å². The van der Waals surface area contributed by atoms with Gasteiger partial charge in [-0.25, -0.2) is 23.1 Å². The summed E-state index contributed by atoms with van der Waals surface area (Å²) in [6.45, 7) is 0.875. The fourth-order valence-electron chi connectivity index (χ4n) is 2.90. The molecule has 0 saturated carbocycles. The summed E-state index contributed by atoms with van der Waals surface area (Å²) >= 11 is 6.00. The molecule has 2 aromatic rings. The van der Waals surface area contributed by atoms with Crippen molar-refractivity contribution in [2.24, 2.45) is 0 Å². The lowest BCUT2D eigenvalue weighted by Crippen LogP contribution is -2.34. The number of hydrogen-bond donors (Lipinski definition) is 1. The third kappa shape index (κ3) is 4.44. The van der Waals surface area contributed by atoms with Crippen LogP contribution in [0, 0.1) is 17.5 Å². The van der Waals surface area contributed by atoms with Crippen LogP contribution in [0.5, 0.6) is 0 Å². The predicted octanol–water partition coefficient (Wildman–Crippen LogP) is 3.71. The average molecular weight is 401 g/mol. The van der Waals surface area contributed by atoms with Crippen LogP contribution in [0.25, 0.3) is 0 Å². The molecule has 2 heterocycles. The monoisotopic (exact) mass is 401 g/mol. The van der Waals surface area contributed by atoms with Gasteiger partial charge in [0.1, 0.15) is 11.6 Å². The molecule has 1 aliphatic heterocycles. The lowest BCUT2D eigenvalue weighted by Gasteiger charge is -2.25. The van der Waals surface area contributed by atoms with Crippen LogP contribution in [0.2, 0.25) is 0 Å². The zero-order valence-corrected chi connectivity index (χ0v) is 15.7. The molecular formula is C17H18F3N3OS2. The van der Waals surface area contributed by atoms with Gasteiger partial charge < -0.3 is 9.64 Å². The molecule has 1 aliphatic rings. The Balaban J connectivity index is 1.65. The van der Waals surface area contributed by atoms with Gasteiger partial charge >= 0.3 is 0 Å². The van der Waals surface area contributed by atoms with Crippen molar-refractivity contribution in [2.75, 3.05) is 24.3 Å². The number of benzene rings is 1. The maximum Gasteiger partial charge on any atom is 0.189 e. The molecular weight excluding hydrogens is 383 g/mol. The quantitative estimate of drug-likeness (QED) is 0.346. The van der Waals surface area contributed by atoms with Crippen LogP contribution in [0.15, 0.2) is 29.6 Å². The van der Waals surface area contributed by atoms with E-state index in [1.807, 2.05) is 12.3 Å². The number of aromatic nitrogens is 2.